The number of piperazine rings is 1. The van der Waals surface area contributed by atoms with Crippen LogP contribution >= 0.6 is 11.3 Å². The second kappa shape index (κ2) is 12.0. The lowest BCUT2D eigenvalue weighted by atomic mass is 9.93. The van der Waals surface area contributed by atoms with Crippen LogP contribution in [0, 0.1) is 28.4 Å². The number of rotatable bonds is 7. The molecule has 0 amide bonds. The standard InChI is InChI=1S/C35H34F4N8O2S/c36-23-12-43-28(25-20(9-40)32(41)50-30(23)25)24-21-13-48-14-22(21)26-29(27(24)37)44-34(45-33(26)47-18-1-2-19(47)11-42-10-18)49-16-35(5-6-35)15-46-7-3-17(4-8-46)31(38)39/h12,18-19,42H,1-8,10-11,13-16,41H2/t18-,19+. The van der Waals surface area contributed by atoms with Crippen LogP contribution in [0.2, 0.25) is 0 Å². The van der Waals surface area contributed by atoms with Gasteiger partial charge in [0.05, 0.1) is 47.4 Å². The number of hydrogen-bond donors (Lipinski definition) is 2. The monoisotopic (exact) mass is 706 g/mol. The van der Waals surface area contributed by atoms with Crippen molar-refractivity contribution in [3.05, 3.63) is 46.2 Å². The summed E-state index contributed by atoms with van der Waals surface area (Å²) in [5.74, 6) is -0.711. The number of pyridine rings is 1. The number of halogens is 4. The van der Waals surface area contributed by atoms with Gasteiger partial charge >= 0.3 is 6.01 Å². The minimum Gasteiger partial charge on any atom is -0.463 e. The number of piperidine rings is 1. The number of benzene rings is 1. The lowest BCUT2D eigenvalue weighted by Gasteiger charge is -2.37. The van der Waals surface area contributed by atoms with Crippen LogP contribution in [-0.2, 0) is 18.0 Å². The van der Waals surface area contributed by atoms with Crippen molar-refractivity contribution in [2.45, 2.75) is 63.8 Å². The summed E-state index contributed by atoms with van der Waals surface area (Å²) in [6, 6.07) is 2.43. The normalized spacial score (nSPS) is 22.7. The maximum Gasteiger partial charge on any atom is 0.319 e. The molecule has 2 atom stereocenters. The molecule has 0 spiro atoms. The molecule has 50 heavy (non-hydrogen) atoms. The minimum atomic E-state index is -1.56. The first kappa shape index (κ1) is 31.9. The summed E-state index contributed by atoms with van der Waals surface area (Å²) in [5.41, 5.74) is 7.82. The SMILES string of the molecule is N#Cc1c(N)sc2c(F)cnc(-c3c4c(c5c(N6[C@@H]7CC[C@H]6CNC7)nc(OCC6(CN7CCC(=C(F)F)CC7)CC6)nc5c3F)COC4)c12. The molecule has 1 aliphatic carbocycles. The molecule has 1 saturated carbocycles. The molecule has 1 aromatic carbocycles. The zero-order chi connectivity index (χ0) is 34.3. The summed E-state index contributed by atoms with van der Waals surface area (Å²) in [4.78, 5) is 18.6. The Morgan fingerprint density at radius 2 is 1.84 bits per heavy atom. The van der Waals surface area contributed by atoms with Gasteiger partial charge in [-0.3, -0.25) is 4.98 Å². The Kier molecular flexibility index (Phi) is 7.65. The molecule has 5 aliphatic rings. The Morgan fingerprint density at radius 3 is 2.54 bits per heavy atom. The number of nitrogens with zero attached hydrogens (tertiary/aromatic N) is 6. The Hall–Kier alpha value is -4.10. The lowest BCUT2D eigenvalue weighted by Crippen LogP contribution is -2.52. The Balaban J connectivity index is 1.16. The zero-order valence-electron chi connectivity index (χ0n) is 27.1. The summed E-state index contributed by atoms with van der Waals surface area (Å²) < 4.78 is 71.1. The number of nitrogens with two attached hydrogens (primary N) is 1. The van der Waals surface area contributed by atoms with E-state index in [1.165, 1.54) is 0 Å². The number of nitrogen functional groups attached to an aromatic ring is 1. The molecule has 0 unspecified atom stereocenters. The average Bonchev–Trinajstić information content (AvgIpc) is 3.41. The summed E-state index contributed by atoms with van der Waals surface area (Å²) in [7, 11) is 0. The number of likely N-dealkylation sites (tertiary alicyclic amines) is 1. The van der Waals surface area contributed by atoms with Gasteiger partial charge in [0, 0.05) is 61.2 Å². The van der Waals surface area contributed by atoms with E-state index in [9.17, 15) is 18.4 Å². The molecule has 260 valence electrons. The van der Waals surface area contributed by atoms with Gasteiger partial charge < -0.3 is 30.3 Å². The van der Waals surface area contributed by atoms with Crippen LogP contribution in [0.15, 0.2) is 17.9 Å². The van der Waals surface area contributed by atoms with E-state index in [1.54, 1.807) is 0 Å². The number of nitrogens with one attached hydrogen (secondary N) is 1. The van der Waals surface area contributed by atoms with Crippen molar-refractivity contribution in [3.63, 3.8) is 0 Å². The first-order valence-corrected chi connectivity index (χ1v) is 17.8. The third-order valence-corrected chi connectivity index (χ3v) is 12.2. The van der Waals surface area contributed by atoms with Crippen molar-refractivity contribution in [1.82, 2.24) is 25.2 Å². The molecule has 3 aromatic heterocycles. The Morgan fingerprint density at radius 1 is 1.10 bits per heavy atom. The van der Waals surface area contributed by atoms with E-state index in [4.69, 9.17) is 25.2 Å². The fourth-order valence-electron chi connectivity index (χ4n) is 8.39. The van der Waals surface area contributed by atoms with Crippen molar-refractivity contribution >= 4 is 43.1 Å². The maximum atomic E-state index is 17.4. The number of hydrogen-bond acceptors (Lipinski definition) is 11. The van der Waals surface area contributed by atoms with Crippen molar-refractivity contribution in [3.8, 4) is 23.3 Å². The molecule has 3 N–H and O–H groups in total. The summed E-state index contributed by atoms with van der Waals surface area (Å²) in [5, 5.41) is 14.3. The average molecular weight is 707 g/mol. The summed E-state index contributed by atoms with van der Waals surface area (Å²) >= 11 is 0.930. The van der Waals surface area contributed by atoms with Crippen LogP contribution in [0.25, 0.3) is 32.2 Å². The van der Waals surface area contributed by atoms with E-state index < -0.39 is 17.7 Å². The molecule has 4 fully saturated rings. The molecule has 15 heteroatoms. The minimum absolute atomic E-state index is 0.0504. The fraction of sp³-hybridized carbons (Fsp3) is 0.486. The van der Waals surface area contributed by atoms with Crippen molar-refractivity contribution in [2.24, 2.45) is 5.41 Å². The van der Waals surface area contributed by atoms with Crippen LogP contribution in [0.5, 0.6) is 6.01 Å². The molecular formula is C35H34F4N8O2S. The van der Waals surface area contributed by atoms with Gasteiger partial charge in [-0.1, -0.05) is 0 Å². The number of thiophene rings is 1. The first-order chi connectivity index (χ1) is 24.2. The Bertz CT molecular complexity index is 2120. The van der Waals surface area contributed by atoms with Crippen LogP contribution in [0.4, 0.5) is 28.4 Å². The molecule has 3 saturated heterocycles. The largest absolute Gasteiger partial charge is 0.463 e. The van der Waals surface area contributed by atoms with E-state index in [1.807, 2.05) is 0 Å². The lowest BCUT2D eigenvalue weighted by molar-refractivity contribution is 0.135. The number of nitriles is 1. The molecular weight excluding hydrogens is 672 g/mol. The first-order valence-electron chi connectivity index (χ1n) is 17.0. The van der Waals surface area contributed by atoms with E-state index >= 15 is 4.39 Å². The van der Waals surface area contributed by atoms with Gasteiger partial charge in [0.2, 0.25) is 0 Å². The highest BCUT2D eigenvalue weighted by atomic mass is 32.1. The third-order valence-electron chi connectivity index (χ3n) is 11.2. The van der Waals surface area contributed by atoms with E-state index in [0.717, 1.165) is 68.4 Å². The third kappa shape index (κ3) is 5.10. The van der Waals surface area contributed by atoms with Crippen molar-refractivity contribution in [1.29, 1.82) is 5.26 Å². The molecule has 0 radical (unpaired) electrons. The van der Waals surface area contributed by atoms with Gasteiger partial charge in [-0.05, 0) is 55.2 Å². The number of fused-ring (bicyclic) bond motifs is 6. The van der Waals surface area contributed by atoms with E-state index in [-0.39, 0.29) is 79.7 Å². The number of ether oxygens (including phenoxy) is 2. The second-order valence-corrected chi connectivity index (χ2v) is 15.2. The highest BCUT2D eigenvalue weighted by molar-refractivity contribution is 7.23. The van der Waals surface area contributed by atoms with Crippen molar-refractivity contribution < 1.29 is 27.0 Å². The van der Waals surface area contributed by atoms with Gasteiger partial charge in [-0.25, -0.2) is 8.78 Å². The number of aromatic nitrogens is 3. The predicted octanol–water partition coefficient (Wildman–Crippen LogP) is 6.01. The highest BCUT2D eigenvalue weighted by Crippen LogP contribution is 2.49. The topological polar surface area (TPSA) is 125 Å². The van der Waals surface area contributed by atoms with Crippen LogP contribution in [0.3, 0.4) is 0 Å². The molecule has 2 bridgehead atoms. The molecule has 7 heterocycles. The number of anilines is 2. The van der Waals surface area contributed by atoms with Crippen molar-refractivity contribution in [2.75, 3.05) is 50.0 Å². The van der Waals surface area contributed by atoms with E-state index in [2.05, 4.69) is 26.2 Å². The van der Waals surface area contributed by atoms with Gasteiger partial charge in [0.25, 0.3) is 6.08 Å². The van der Waals surface area contributed by atoms with Crippen LogP contribution in [0.1, 0.15) is 55.2 Å². The van der Waals surface area contributed by atoms with E-state index in [0.29, 0.717) is 49.3 Å². The van der Waals surface area contributed by atoms with Gasteiger partial charge in [0.1, 0.15) is 22.4 Å². The summed E-state index contributed by atoms with van der Waals surface area (Å²) in [6.45, 7) is 4.02. The molecule has 9 rings (SSSR count). The molecule has 4 aromatic rings. The maximum absolute atomic E-state index is 17.4. The summed E-state index contributed by atoms with van der Waals surface area (Å²) in [6.07, 6.45) is 3.97. The zero-order valence-corrected chi connectivity index (χ0v) is 27.9. The molecule has 4 aliphatic heterocycles. The van der Waals surface area contributed by atoms with Crippen LogP contribution < -0.4 is 20.7 Å². The predicted molar refractivity (Wildman–Crippen MR) is 180 cm³/mol. The van der Waals surface area contributed by atoms with Gasteiger partial charge in [-0.2, -0.15) is 24.0 Å². The smallest absolute Gasteiger partial charge is 0.319 e. The molecule has 10 nitrogen and oxygen atoms in total. The highest BCUT2D eigenvalue weighted by Gasteiger charge is 2.46. The van der Waals surface area contributed by atoms with Gasteiger partial charge in [0.15, 0.2) is 11.6 Å². The van der Waals surface area contributed by atoms with Crippen LogP contribution in [-0.4, -0.2) is 71.3 Å². The Labute approximate surface area is 288 Å². The second-order valence-electron chi connectivity index (χ2n) is 14.2. The quantitative estimate of drug-likeness (QED) is 0.221. The van der Waals surface area contributed by atoms with Gasteiger partial charge in [-0.15, -0.1) is 11.3 Å². The fourth-order valence-corrected chi connectivity index (χ4v) is 9.31.